The molecule has 1 atom stereocenters. The monoisotopic (exact) mass is 479 g/mol. The Kier molecular flexibility index (Phi) is 24.0. The van der Waals surface area contributed by atoms with Gasteiger partial charge in [0, 0.05) is 13.1 Å². The molecule has 0 saturated heterocycles. The zero-order chi connectivity index (χ0) is 23.2. The molecule has 9 heteroatoms. The summed E-state index contributed by atoms with van der Waals surface area (Å²) >= 11 is 0. The number of aliphatic imine (C=N–C) groups is 1. The zero-order valence-electron chi connectivity index (χ0n) is 20.2. The average molecular weight is 480 g/mol. The Labute approximate surface area is 196 Å². The molecule has 0 spiro atoms. The molecule has 0 amide bonds. The van der Waals surface area contributed by atoms with E-state index in [2.05, 4.69) is 29.0 Å². The van der Waals surface area contributed by atoms with Gasteiger partial charge in [-0.2, -0.15) is 8.42 Å². The van der Waals surface area contributed by atoms with Crippen LogP contribution in [0.4, 0.5) is 0 Å². The highest BCUT2D eigenvalue weighted by Crippen LogP contribution is 2.12. The number of nitrogens with zero attached hydrogens (tertiary/aromatic N) is 2. The van der Waals surface area contributed by atoms with E-state index in [1.807, 2.05) is 6.34 Å². The van der Waals surface area contributed by atoms with E-state index in [1.54, 1.807) is 0 Å². The van der Waals surface area contributed by atoms with Gasteiger partial charge >= 0.3 is 10.4 Å². The average Bonchev–Trinajstić information content (AvgIpc) is 3.19. The molecule has 0 aromatic rings. The van der Waals surface area contributed by atoms with Gasteiger partial charge in [-0.05, 0) is 32.1 Å². The molecule has 0 saturated carbocycles. The van der Waals surface area contributed by atoms with Crippen molar-refractivity contribution < 1.29 is 22.6 Å². The zero-order valence-corrected chi connectivity index (χ0v) is 21.0. The minimum absolute atomic E-state index is 0. The van der Waals surface area contributed by atoms with Gasteiger partial charge in [0.1, 0.15) is 0 Å². The maximum Gasteiger partial charge on any atom is 0.394 e. The summed E-state index contributed by atoms with van der Waals surface area (Å²) < 4.78 is 31.6. The van der Waals surface area contributed by atoms with Crippen molar-refractivity contribution in [2.75, 3.05) is 19.6 Å². The fourth-order valence-electron chi connectivity index (χ4n) is 3.55. The van der Waals surface area contributed by atoms with Crippen LogP contribution in [0.5, 0.6) is 0 Å². The van der Waals surface area contributed by atoms with E-state index in [9.17, 15) is 5.11 Å². The summed E-state index contributed by atoms with van der Waals surface area (Å²) in [6, 6.07) is 0. The lowest BCUT2D eigenvalue weighted by Gasteiger charge is -2.18. The predicted octanol–water partition coefficient (Wildman–Crippen LogP) is 5.63. The van der Waals surface area contributed by atoms with Gasteiger partial charge in [-0.1, -0.05) is 83.3 Å². The van der Waals surface area contributed by atoms with Gasteiger partial charge < -0.3 is 16.2 Å². The van der Waals surface area contributed by atoms with Crippen LogP contribution in [0.25, 0.3) is 0 Å². The minimum Gasteiger partial charge on any atom is -0.391 e. The van der Waals surface area contributed by atoms with Gasteiger partial charge in [0.25, 0.3) is 0 Å². The van der Waals surface area contributed by atoms with Crippen molar-refractivity contribution in [3.8, 4) is 0 Å². The lowest BCUT2D eigenvalue weighted by atomic mass is 10.1. The maximum atomic E-state index is 10.0. The summed E-state index contributed by atoms with van der Waals surface area (Å²) in [7, 11) is -4.67. The Hall–Kier alpha value is -1.00. The van der Waals surface area contributed by atoms with Crippen LogP contribution < -0.4 is 6.15 Å². The third-order valence-electron chi connectivity index (χ3n) is 5.26. The Balaban J connectivity index is 0. The summed E-state index contributed by atoms with van der Waals surface area (Å²) in [6.07, 6.45) is 26.1. The van der Waals surface area contributed by atoms with Crippen LogP contribution in [-0.2, 0) is 10.4 Å². The number of aliphatic hydroxyl groups is 1. The second-order valence-corrected chi connectivity index (χ2v) is 9.24. The topological polar surface area (TPSA) is 145 Å². The Morgan fingerprint density at radius 3 is 1.84 bits per heavy atom. The molecule has 0 aromatic carbocycles. The van der Waals surface area contributed by atoms with E-state index in [-0.39, 0.29) is 12.3 Å². The van der Waals surface area contributed by atoms with Crippen LogP contribution in [0.3, 0.4) is 0 Å². The second kappa shape index (κ2) is 23.2. The number of hydrogen-bond acceptors (Lipinski definition) is 6. The summed E-state index contributed by atoms with van der Waals surface area (Å²) in [5.74, 6) is 0. The molecule has 0 bridgehead atoms. The molecule has 0 aromatic heterocycles. The number of hydrogen-bond donors (Lipinski definition) is 4. The van der Waals surface area contributed by atoms with Crippen LogP contribution >= 0.6 is 0 Å². The third-order valence-corrected chi connectivity index (χ3v) is 5.26. The first kappa shape index (κ1) is 33.2. The van der Waals surface area contributed by atoms with Crippen LogP contribution in [0.15, 0.2) is 17.1 Å². The van der Waals surface area contributed by atoms with Crippen molar-refractivity contribution in [2.45, 2.75) is 109 Å². The van der Waals surface area contributed by atoms with Gasteiger partial charge in [0.05, 0.1) is 19.0 Å². The molecule has 8 nitrogen and oxygen atoms in total. The molecule has 1 heterocycles. The highest BCUT2D eigenvalue weighted by atomic mass is 32.3. The predicted molar refractivity (Wildman–Crippen MR) is 134 cm³/mol. The molecule has 0 radical (unpaired) electrons. The first-order valence-electron chi connectivity index (χ1n) is 12.1. The first-order valence-corrected chi connectivity index (χ1v) is 13.5. The quantitative estimate of drug-likeness (QED) is 0.113. The number of β-amino-alcohol motifs (C(OH)–C–C–N with tert-alkyl or cyclic N) is 1. The molecule has 1 aliphatic heterocycles. The molecule has 0 fully saturated rings. The normalized spacial score (nSPS) is 14.3. The highest BCUT2D eigenvalue weighted by Gasteiger charge is 2.11. The molecule has 0 aliphatic carbocycles. The molecule has 32 heavy (non-hydrogen) atoms. The van der Waals surface area contributed by atoms with Crippen LogP contribution in [-0.4, -0.2) is 59.6 Å². The Bertz CT molecular complexity index is 548. The van der Waals surface area contributed by atoms with E-state index in [4.69, 9.17) is 17.5 Å². The molecule has 6 N–H and O–H groups in total. The van der Waals surface area contributed by atoms with Gasteiger partial charge in [-0.3, -0.25) is 14.1 Å². The molecule has 1 rings (SSSR count). The fourth-order valence-corrected chi connectivity index (χ4v) is 3.55. The number of rotatable bonds is 18. The van der Waals surface area contributed by atoms with Crippen molar-refractivity contribution in [2.24, 2.45) is 4.99 Å². The highest BCUT2D eigenvalue weighted by molar-refractivity contribution is 7.79. The fraction of sp³-hybridized carbons (Fsp3) is 0.870. The van der Waals surface area contributed by atoms with Crippen molar-refractivity contribution in [1.82, 2.24) is 11.1 Å². The number of unbranched alkanes of at least 4 members (excludes halogenated alkanes) is 12. The SMILES string of the molecule is CCCCCCCC/C=C\CCCCCCCCC(O)CN1C=NCC1.N.O=S(=O)(O)O. The lowest BCUT2D eigenvalue weighted by Crippen LogP contribution is -2.30. The largest absolute Gasteiger partial charge is 0.394 e. The third kappa shape index (κ3) is 29.0. The second-order valence-electron chi connectivity index (χ2n) is 8.34. The molecule has 192 valence electrons. The van der Waals surface area contributed by atoms with E-state index in [1.165, 1.54) is 83.5 Å². The van der Waals surface area contributed by atoms with E-state index >= 15 is 0 Å². The van der Waals surface area contributed by atoms with Crippen molar-refractivity contribution in [3.05, 3.63) is 12.2 Å². The molecule has 1 unspecified atom stereocenters. The van der Waals surface area contributed by atoms with Crippen LogP contribution in [0.2, 0.25) is 0 Å². The summed E-state index contributed by atoms with van der Waals surface area (Å²) in [4.78, 5) is 6.31. The Morgan fingerprint density at radius 1 is 0.906 bits per heavy atom. The van der Waals surface area contributed by atoms with Gasteiger partial charge in [-0.25, -0.2) is 0 Å². The maximum absolute atomic E-state index is 10.0. The van der Waals surface area contributed by atoms with Crippen molar-refractivity contribution in [3.63, 3.8) is 0 Å². The van der Waals surface area contributed by atoms with Crippen LogP contribution in [0.1, 0.15) is 103 Å². The van der Waals surface area contributed by atoms with E-state index in [0.717, 1.165) is 32.5 Å². The molecule has 1 aliphatic rings. The molecular weight excluding hydrogens is 430 g/mol. The summed E-state index contributed by atoms with van der Waals surface area (Å²) in [6.45, 7) is 4.90. The van der Waals surface area contributed by atoms with Gasteiger partial charge in [-0.15, -0.1) is 0 Å². The lowest BCUT2D eigenvalue weighted by molar-refractivity contribution is 0.135. The smallest absolute Gasteiger partial charge is 0.391 e. The standard InChI is InChI=1S/C23H44N2O.H3N.H2O4S/c1-2-3-4-5-6-7-8-9-10-11-12-13-14-15-16-17-18-23(26)21-25-20-19-24-22-25;;1-5(2,3)4/h9-10,22-23,26H,2-8,11-21H2,1H3;1H3;(H2,1,2,3,4)/b10-9-;;. The first-order chi connectivity index (χ1) is 14.8. The van der Waals surface area contributed by atoms with Gasteiger partial charge in [0.2, 0.25) is 0 Å². The molecular formula is C23H49N3O5S. The van der Waals surface area contributed by atoms with E-state index < -0.39 is 10.4 Å². The van der Waals surface area contributed by atoms with Crippen molar-refractivity contribution in [1.29, 1.82) is 0 Å². The minimum atomic E-state index is -4.67. The summed E-state index contributed by atoms with van der Waals surface area (Å²) in [5.41, 5.74) is 0. The van der Waals surface area contributed by atoms with Gasteiger partial charge in [0.15, 0.2) is 0 Å². The number of allylic oxidation sites excluding steroid dienone is 2. The number of aliphatic hydroxyl groups excluding tert-OH is 1. The Morgan fingerprint density at radius 2 is 1.38 bits per heavy atom. The van der Waals surface area contributed by atoms with Crippen molar-refractivity contribution >= 4 is 16.7 Å². The summed E-state index contributed by atoms with van der Waals surface area (Å²) in [5, 5.41) is 10.0. The van der Waals surface area contributed by atoms with Crippen LogP contribution in [0, 0.1) is 0 Å². The van der Waals surface area contributed by atoms with E-state index in [0.29, 0.717) is 0 Å².